The Balaban J connectivity index is 2.33. The van der Waals surface area contributed by atoms with Crippen LogP contribution in [0.3, 0.4) is 0 Å². The molecule has 2 atom stereocenters. The zero-order valence-corrected chi connectivity index (χ0v) is 10.3. The van der Waals surface area contributed by atoms with Gasteiger partial charge >= 0.3 is 5.69 Å². The molecule has 1 aliphatic rings. The molecular weight excluding hydrogens is 239 g/mol. The molecule has 0 saturated heterocycles. The number of aromatic nitrogens is 2. The molecule has 0 spiro atoms. The zero-order chi connectivity index (χ0) is 13.3. The molecule has 1 N–H and O–H groups in total. The highest BCUT2D eigenvalue weighted by Crippen LogP contribution is 2.39. The number of halogens is 1. The summed E-state index contributed by atoms with van der Waals surface area (Å²) in [7, 11) is 0. The number of hydrogen-bond acceptors (Lipinski definition) is 3. The molecule has 6 heteroatoms. The predicted octanol–water partition coefficient (Wildman–Crippen LogP) is 1.13. The minimum Gasteiger partial charge on any atom is -0.368 e. The molecule has 0 aromatic carbocycles. The zero-order valence-electron chi connectivity index (χ0n) is 10.3. The van der Waals surface area contributed by atoms with Gasteiger partial charge in [-0.05, 0) is 19.9 Å². The van der Waals surface area contributed by atoms with Gasteiger partial charge < -0.3 is 4.74 Å². The Hall–Kier alpha value is -1.69. The average molecular weight is 254 g/mol. The molecule has 5 nitrogen and oxygen atoms in total. The third-order valence-electron chi connectivity index (χ3n) is 3.11. The van der Waals surface area contributed by atoms with E-state index in [1.54, 1.807) is 13.8 Å². The number of hydrogen-bond donors (Lipinski definition) is 1. The Morgan fingerprint density at radius 2 is 2.33 bits per heavy atom. The van der Waals surface area contributed by atoms with Gasteiger partial charge in [0, 0.05) is 25.3 Å². The molecule has 1 aromatic rings. The number of allylic oxidation sites excluding steroid dienone is 1. The summed E-state index contributed by atoms with van der Waals surface area (Å²) in [5.74, 6) is -0.382. The van der Waals surface area contributed by atoms with Crippen LogP contribution >= 0.6 is 0 Å². The van der Waals surface area contributed by atoms with Crippen LogP contribution in [-0.2, 0) is 4.74 Å². The lowest BCUT2D eigenvalue weighted by Gasteiger charge is -2.24. The summed E-state index contributed by atoms with van der Waals surface area (Å²) in [5.41, 5.74) is -2.00. The first-order chi connectivity index (χ1) is 8.46. The molecule has 0 saturated carbocycles. The van der Waals surface area contributed by atoms with Gasteiger partial charge in [0.15, 0.2) is 0 Å². The van der Waals surface area contributed by atoms with E-state index in [0.717, 1.165) is 0 Å². The van der Waals surface area contributed by atoms with E-state index in [9.17, 15) is 14.0 Å². The smallest absolute Gasteiger partial charge is 0.328 e. The van der Waals surface area contributed by atoms with Crippen molar-refractivity contribution in [2.24, 2.45) is 0 Å². The highest BCUT2D eigenvalue weighted by atomic mass is 19.1. The van der Waals surface area contributed by atoms with E-state index in [0.29, 0.717) is 13.0 Å². The van der Waals surface area contributed by atoms with Crippen molar-refractivity contribution in [2.75, 3.05) is 6.61 Å². The van der Waals surface area contributed by atoms with Crippen LogP contribution in [-0.4, -0.2) is 21.8 Å². The van der Waals surface area contributed by atoms with Crippen molar-refractivity contribution in [3.05, 3.63) is 45.0 Å². The maximum Gasteiger partial charge on any atom is 0.328 e. The van der Waals surface area contributed by atoms with E-state index in [1.807, 2.05) is 0 Å². The molecule has 0 radical (unpaired) electrons. The van der Waals surface area contributed by atoms with Crippen molar-refractivity contribution in [1.29, 1.82) is 0 Å². The number of aromatic amines is 1. The van der Waals surface area contributed by atoms with Crippen LogP contribution in [0.1, 0.15) is 26.3 Å². The first-order valence-electron chi connectivity index (χ1n) is 5.79. The lowest BCUT2D eigenvalue weighted by atomic mass is 10.0. The van der Waals surface area contributed by atoms with Gasteiger partial charge in [0.25, 0.3) is 5.56 Å². The molecule has 0 aliphatic heterocycles. The van der Waals surface area contributed by atoms with Crippen molar-refractivity contribution in [2.45, 2.75) is 31.9 Å². The van der Waals surface area contributed by atoms with Crippen LogP contribution in [0.5, 0.6) is 0 Å². The second-order valence-electron chi connectivity index (χ2n) is 4.47. The molecule has 98 valence electrons. The van der Waals surface area contributed by atoms with Crippen molar-refractivity contribution >= 4 is 0 Å². The van der Waals surface area contributed by atoms with Crippen LogP contribution in [0.25, 0.3) is 0 Å². The molecule has 0 bridgehead atoms. The molecule has 18 heavy (non-hydrogen) atoms. The molecule has 0 amide bonds. The first kappa shape index (κ1) is 12.8. The van der Waals surface area contributed by atoms with Gasteiger partial charge in [-0.3, -0.25) is 14.3 Å². The van der Waals surface area contributed by atoms with Crippen molar-refractivity contribution in [1.82, 2.24) is 9.55 Å². The van der Waals surface area contributed by atoms with Gasteiger partial charge in [-0.1, -0.05) is 0 Å². The first-order valence-corrected chi connectivity index (χ1v) is 5.79. The normalized spacial score (nSPS) is 27.3. The van der Waals surface area contributed by atoms with E-state index in [1.165, 1.54) is 22.9 Å². The summed E-state index contributed by atoms with van der Waals surface area (Å²) in [6, 6.07) is 0.801. The fraction of sp³-hybridized carbons (Fsp3) is 0.500. The van der Waals surface area contributed by atoms with E-state index < -0.39 is 22.9 Å². The Bertz CT molecular complexity index is 589. The van der Waals surface area contributed by atoms with Gasteiger partial charge in [0.05, 0.1) is 6.04 Å². The maximum absolute atomic E-state index is 13.9. The molecular formula is C12H15FN2O3. The quantitative estimate of drug-likeness (QED) is 0.879. The molecule has 1 aromatic heterocycles. The third kappa shape index (κ3) is 2.15. The Labute approximate surface area is 103 Å². The third-order valence-corrected chi connectivity index (χ3v) is 3.11. The number of nitrogens with zero attached hydrogens (tertiary/aromatic N) is 1. The predicted molar refractivity (Wildman–Crippen MR) is 64.2 cm³/mol. The summed E-state index contributed by atoms with van der Waals surface area (Å²) in [4.78, 5) is 24.7. The summed E-state index contributed by atoms with van der Waals surface area (Å²) >= 11 is 0. The highest BCUT2D eigenvalue weighted by molar-refractivity contribution is 5.20. The van der Waals surface area contributed by atoms with Gasteiger partial charge in [0.1, 0.15) is 11.4 Å². The molecule has 1 aliphatic carbocycles. The fourth-order valence-corrected chi connectivity index (χ4v) is 2.21. The van der Waals surface area contributed by atoms with Gasteiger partial charge in [0.2, 0.25) is 0 Å². The lowest BCUT2D eigenvalue weighted by molar-refractivity contribution is -0.0137. The van der Waals surface area contributed by atoms with Crippen LogP contribution < -0.4 is 11.2 Å². The van der Waals surface area contributed by atoms with Gasteiger partial charge in [-0.2, -0.15) is 0 Å². The average Bonchev–Trinajstić information content (AvgIpc) is 2.55. The number of nitrogens with one attached hydrogen (secondary N) is 1. The highest BCUT2D eigenvalue weighted by Gasteiger charge is 2.39. The fourth-order valence-electron chi connectivity index (χ4n) is 2.21. The maximum atomic E-state index is 13.9. The Kier molecular flexibility index (Phi) is 3.21. The van der Waals surface area contributed by atoms with E-state index in [-0.39, 0.29) is 5.83 Å². The monoisotopic (exact) mass is 254 g/mol. The summed E-state index contributed by atoms with van der Waals surface area (Å²) in [5, 5.41) is 0. The standard InChI is InChI=1S/C12H15FN2O3/c1-3-18-12(2)7-8(6-9(12)13)15-5-4-10(16)14-11(15)17/h4-6,8H,3,7H2,1-2H3,(H,14,16,17)/t8-,12-/m1/s1. The largest absolute Gasteiger partial charge is 0.368 e. The molecule has 0 unspecified atom stereocenters. The Morgan fingerprint density at radius 3 is 2.94 bits per heavy atom. The molecule has 1 heterocycles. The Morgan fingerprint density at radius 1 is 1.61 bits per heavy atom. The minimum absolute atomic E-state index is 0.332. The lowest BCUT2D eigenvalue weighted by Crippen LogP contribution is -2.33. The van der Waals surface area contributed by atoms with Crippen molar-refractivity contribution < 1.29 is 9.13 Å². The van der Waals surface area contributed by atoms with Gasteiger partial charge in [-0.15, -0.1) is 0 Å². The second-order valence-corrected chi connectivity index (χ2v) is 4.47. The van der Waals surface area contributed by atoms with Crippen LogP contribution in [0, 0.1) is 0 Å². The van der Waals surface area contributed by atoms with Crippen LogP contribution in [0.15, 0.2) is 33.8 Å². The number of H-pyrrole nitrogens is 1. The van der Waals surface area contributed by atoms with Crippen LogP contribution in [0.2, 0.25) is 0 Å². The van der Waals surface area contributed by atoms with E-state index in [4.69, 9.17) is 4.74 Å². The van der Waals surface area contributed by atoms with Crippen molar-refractivity contribution in [3.63, 3.8) is 0 Å². The SMILES string of the molecule is CCO[C@]1(C)C[C@H](n2ccc(=O)[nH]c2=O)C=C1F. The number of ether oxygens (including phenoxy) is 1. The summed E-state index contributed by atoms with van der Waals surface area (Å²) in [6.45, 7) is 3.84. The summed E-state index contributed by atoms with van der Waals surface area (Å²) < 4.78 is 20.5. The molecule has 0 fully saturated rings. The van der Waals surface area contributed by atoms with Gasteiger partial charge in [-0.25, -0.2) is 9.18 Å². The van der Waals surface area contributed by atoms with E-state index >= 15 is 0 Å². The second kappa shape index (κ2) is 4.53. The topological polar surface area (TPSA) is 64.1 Å². The van der Waals surface area contributed by atoms with Crippen molar-refractivity contribution in [3.8, 4) is 0 Å². The molecule has 2 rings (SSSR count). The van der Waals surface area contributed by atoms with Crippen LogP contribution in [0.4, 0.5) is 4.39 Å². The minimum atomic E-state index is -0.991. The number of rotatable bonds is 3. The van der Waals surface area contributed by atoms with E-state index in [2.05, 4.69) is 4.98 Å². The summed E-state index contributed by atoms with van der Waals surface area (Å²) in [6.07, 6.45) is 3.06.